The summed E-state index contributed by atoms with van der Waals surface area (Å²) < 4.78 is 0. The van der Waals surface area contributed by atoms with Crippen molar-refractivity contribution in [3.8, 4) is 0 Å². The Morgan fingerprint density at radius 1 is 0.950 bits per heavy atom. The predicted octanol–water partition coefficient (Wildman–Crippen LogP) is 2.83. The number of nitrogens with zero attached hydrogens (tertiary/aromatic N) is 2. The van der Waals surface area contributed by atoms with Gasteiger partial charge in [-0.25, -0.2) is 9.97 Å². The number of nitrogens with one attached hydrogen (secondary N) is 2. The standard InChI is InChI=1S/C15H28N4O/c1-3-9-16-14-13(4-2)15(19-12-18-14)17-10-7-5-6-8-11-20/h12,20H,3-11H2,1-2H3,(H2,16,17,18,19). The molecular formula is C15H28N4O. The molecule has 5 heteroatoms. The summed E-state index contributed by atoms with van der Waals surface area (Å²) in [6, 6.07) is 0. The highest BCUT2D eigenvalue weighted by molar-refractivity contribution is 5.57. The highest BCUT2D eigenvalue weighted by Gasteiger charge is 2.08. The number of hydrogen-bond acceptors (Lipinski definition) is 5. The van der Waals surface area contributed by atoms with Crippen molar-refractivity contribution in [2.45, 2.75) is 52.4 Å². The van der Waals surface area contributed by atoms with Gasteiger partial charge in [-0.05, 0) is 25.7 Å². The van der Waals surface area contributed by atoms with Crippen LogP contribution >= 0.6 is 0 Å². The zero-order chi connectivity index (χ0) is 14.6. The molecular weight excluding hydrogens is 252 g/mol. The summed E-state index contributed by atoms with van der Waals surface area (Å²) >= 11 is 0. The molecule has 0 saturated carbocycles. The van der Waals surface area contributed by atoms with Crippen LogP contribution in [0.3, 0.4) is 0 Å². The molecule has 0 aliphatic carbocycles. The van der Waals surface area contributed by atoms with Crippen LogP contribution in [-0.4, -0.2) is 34.8 Å². The van der Waals surface area contributed by atoms with Gasteiger partial charge in [-0.1, -0.05) is 26.7 Å². The highest BCUT2D eigenvalue weighted by Crippen LogP contribution is 2.20. The van der Waals surface area contributed by atoms with Gasteiger partial charge in [0.1, 0.15) is 18.0 Å². The summed E-state index contributed by atoms with van der Waals surface area (Å²) in [5.74, 6) is 1.90. The smallest absolute Gasteiger partial charge is 0.134 e. The maximum absolute atomic E-state index is 8.73. The number of unbranched alkanes of at least 4 members (excludes halogenated alkanes) is 3. The molecule has 0 aliphatic rings. The zero-order valence-electron chi connectivity index (χ0n) is 12.8. The fourth-order valence-corrected chi connectivity index (χ4v) is 2.09. The van der Waals surface area contributed by atoms with E-state index in [4.69, 9.17) is 5.11 Å². The lowest BCUT2D eigenvalue weighted by molar-refractivity contribution is 0.283. The maximum Gasteiger partial charge on any atom is 0.134 e. The van der Waals surface area contributed by atoms with Crippen LogP contribution in [-0.2, 0) is 6.42 Å². The predicted molar refractivity (Wildman–Crippen MR) is 84.2 cm³/mol. The molecule has 114 valence electrons. The van der Waals surface area contributed by atoms with Crippen molar-refractivity contribution in [1.29, 1.82) is 0 Å². The van der Waals surface area contributed by atoms with Crippen molar-refractivity contribution >= 4 is 11.6 Å². The van der Waals surface area contributed by atoms with E-state index in [2.05, 4.69) is 34.4 Å². The lowest BCUT2D eigenvalue weighted by atomic mass is 10.2. The molecule has 0 atom stereocenters. The van der Waals surface area contributed by atoms with Crippen LogP contribution in [0.2, 0.25) is 0 Å². The average molecular weight is 280 g/mol. The first-order valence-electron chi connectivity index (χ1n) is 7.75. The maximum atomic E-state index is 8.73. The number of aromatic nitrogens is 2. The second kappa shape index (κ2) is 10.4. The van der Waals surface area contributed by atoms with Gasteiger partial charge in [-0.3, -0.25) is 0 Å². The fraction of sp³-hybridized carbons (Fsp3) is 0.733. The van der Waals surface area contributed by atoms with Gasteiger partial charge in [-0.15, -0.1) is 0 Å². The number of aliphatic hydroxyl groups excluding tert-OH is 1. The topological polar surface area (TPSA) is 70.1 Å². The molecule has 20 heavy (non-hydrogen) atoms. The molecule has 0 unspecified atom stereocenters. The van der Waals surface area contributed by atoms with Crippen LogP contribution in [0.25, 0.3) is 0 Å². The molecule has 1 aromatic heterocycles. The normalized spacial score (nSPS) is 10.6. The van der Waals surface area contributed by atoms with Crippen LogP contribution in [0.1, 0.15) is 51.5 Å². The monoisotopic (exact) mass is 280 g/mol. The van der Waals surface area contributed by atoms with Crippen molar-refractivity contribution in [2.24, 2.45) is 0 Å². The van der Waals surface area contributed by atoms with Gasteiger partial charge in [0.15, 0.2) is 0 Å². The lowest BCUT2D eigenvalue weighted by Gasteiger charge is -2.14. The van der Waals surface area contributed by atoms with E-state index in [-0.39, 0.29) is 0 Å². The molecule has 5 nitrogen and oxygen atoms in total. The van der Waals surface area contributed by atoms with Crippen molar-refractivity contribution in [1.82, 2.24) is 9.97 Å². The van der Waals surface area contributed by atoms with Crippen LogP contribution < -0.4 is 10.6 Å². The minimum absolute atomic E-state index is 0.297. The van der Waals surface area contributed by atoms with Crippen LogP contribution in [0.4, 0.5) is 11.6 Å². The summed E-state index contributed by atoms with van der Waals surface area (Å²) in [5, 5.41) is 15.5. The third kappa shape index (κ3) is 5.74. The number of aliphatic hydroxyl groups is 1. The van der Waals surface area contributed by atoms with Crippen LogP contribution in [0, 0.1) is 0 Å². The van der Waals surface area contributed by atoms with Gasteiger partial charge in [0, 0.05) is 25.3 Å². The van der Waals surface area contributed by atoms with E-state index >= 15 is 0 Å². The summed E-state index contributed by atoms with van der Waals surface area (Å²) in [7, 11) is 0. The summed E-state index contributed by atoms with van der Waals surface area (Å²) in [5.41, 5.74) is 1.16. The highest BCUT2D eigenvalue weighted by atomic mass is 16.2. The number of rotatable bonds is 11. The molecule has 0 spiro atoms. The molecule has 0 fully saturated rings. The molecule has 0 saturated heterocycles. The van der Waals surface area contributed by atoms with Gasteiger partial charge in [0.2, 0.25) is 0 Å². The van der Waals surface area contributed by atoms with Crippen molar-refractivity contribution in [3.05, 3.63) is 11.9 Å². The van der Waals surface area contributed by atoms with E-state index in [1.54, 1.807) is 6.33 Å². The minimum atomic E-state index is 0.297. The summed E-state index contributed by atoms with van der Waals surface area (Å²) in [4.78, 5) is 8.68. The molecule has 1 heterocycles. The van der Waals surface area contributed by atoms with Gasteiger partial charge >= 0.3 is 0 Å². The van der Waals surface area contributed by atoms with Crippen molar-refractivity contribution in [3.63, 3.8) is 0 Å². The largest absolute Gasteiger partial charge is 0.396 e. The quantitative estimate of drug-likeness (QED) is 0.544. The van der Waals surface area contributed by atoms with E-state index in [0.29, 0.717) is 6.61 Å². The zero-order valence-corrected chi connectivity index (χ0v) is 12.8. The lowest BCUT2D eigenvalue weighted by Crippen LogP contribution is -2.11. The molecule has 1 aromatic rings. The Balaban J connectivity index is 2.47. The van der Waals surface area contributed by atoms with Gasteiger partial charge in [0.25, 0.3) is 0 Å². The van der Waals surface area contributed by atoms with Crippen molar-refractivity contribution < 1.29 is 5.11 Å². The van der Waals surface area contributed by atoms with E-state index in [9.17, 15) is 0 Å². The van der Waals surface area contributed by atoms with Crippen LogP contribution in [0.5, 0.6) is 0 Å². The Morgan fingerprint density at radius 2 is 1.60 bits per heavy atom. The Kier molecular flexibility index (Phi) is 8.71. The Hall–Kier alpha value is -1.36. The fourth-order valence-electron chi connectivity index (χ4n) is 2.09. The average Bonchev–Trinajstić information content (AvgIpc) is 2.48. The summed E-state index contributed by atoms with van der Waals surface area (Å²) in [6.07, 6.45) is 7.85. The van der Waals surface area contributed by atoms with E-state index in [0.717, 1.165) is 68.8 Å². The third-order valence-electron chi connectivity index (χ3n) is 3.22. The molecule has 0 bridgehead atoms. The van der Waals surface area contributed by atoms with Gasteiger partial charge in [0.05, 0.1) is 0 Å². The molecule has 0 radical (unpaired) electrons. The first-order valence-corrected chi connectivity index (χ1v) is 7.75. The Labute approximate surface area is 122 Å². The second-order valence-electron chi connectivity index (χ2n) is 4.89. The van der Waals surface area contributed by atoms with E-state index in [1.165, 1.54) is 0 Å². The molecule has 0 aromatic carbocycles. The van der Waals surface area contributed by atoms with E-state index < -0.39 is 0 Å². The molecule has 1 rings (SSSR count). The first kappa shape index (κ1) is 16.7. The van der Waals surface area contributed by atoms with E-state index in [1.807, 2.05) is 0 Å². The summed E-state index contributed by atoms with van der Waals surface area (Å²) in [6.45, 7) is 6.42. The Bertz CT molecular complexity index is 371. The van der Waals surface area contributed by atoms with Crippen molar-refractivity contribution in [2.75, 3.05) is 30.3 Å². The Morgan fingerprint density at radius 3 is 2.20 bits per heavy atom. The van der Waals surface area contributed by atoms with Gasteiger partial charge in [-0.2, -0.15) is 0 Å². The number of anilines is 2. The number of hydrogen-bond donors (Lipinski definition) is 3. The van der Waals surface area contributed by atoms with Gasteiger partial charge < -0.3 is 15.7 Å². The molecule has 0 amide bonds. The molecule has 3 N–H and O–H groups in total. The van der Waals surface area contributed by atoms with Crippen LogP contribution in [0.15, 0.2) is 6.33 Å². The second-order valence-corrected chi connectivity index (χ2v) is 4.89. The minimum Gasteiger partial charge on any atom is -0.396 e. The third-order valence-corrected chi connectivity index (χ3v) is 3.22. The molecule has 0 aliphatic heterocycles. The first-order chi connectivity index (χ1) is 9.83. The SMILES string of the molecule is CCCNc1ncnc(NCCCCCCO)c1CC.